The van der Waals surface area contributed by atoms with E-state index in [4.69, 9.17) is 0 Å². The molecule has 0 unspecified atom stereocenters. The highest BCUT2D eigenvalue weighted by Crippen LogP contribution is 2.29. The maximum Gasteiger partial charge on any atom is 0.0366 e. The van der Waals surface area contributed by atoms with Crippen LogP contribution in [-0.4, -0.2) is 26.2 Å². The molecule has 2 heterocycles. The van der Waals surface area contributed by atoms with Crippen LogP contribution in [0, 0.1) is 0 Å². The quantitative estimate of drug-likeness (QED) is 0.746. The Hall–Kier alpha value is -2.22. The Balaban J connectivity index is 1.53. The Labute approximate surface area is 151 Å². The lowest BCUT2D eigenvalue weighted by molar-refractivity contribution is 0.949. The molecule has 0 saturated carbocycles. The summed E-state index contributed by atoms with van der Waals surface area (Å²) in [5, 5.41) is 0. The molecule has 25 heavy (non-hydrogen) atoms. The van der Waals surface area contributed by atoms with Crippen molar-refractivity contribution in [3.63, 3.8) is 0 Å². The molecular weight excluding hydrogens is 304 g/mol. The minimum Gasteiger partial charge on any atom is -0.372 e. The largest absolute Gasteiger partial charge is 0.372 e. The predicted molar refractivity (Wildman–Crippen MR) is 109 cm³/mol. The first-order valence-corrected chi connectivity index (χ1v) is 9.72. The molecule has 2 aliphatic rings. The van der Waals surface area contributed by atoms with Crippen LogP contribution in [0.2, 0.25) is 0 Å². The van der Waals surface area contributed by atoms with Crippen molar-refractivity contribution in [2.24, 2.45) is 0 Å². The molecule has 2 aliphatic heterocycles. The van der Waals surface area contributed by atoms with Gasteiger partial charge in [-0.2, -0.15) is 0 Å². The number of rotatable bonds is 4. The smallest absolute Gasteiger partial charge is 0.0366 e. The Kier molecular flexibility index (Phi) is 4.78. The van der Waals surface area contributed by atoms with Crippen molar-refractivity contribution in [2.75, 3.05) is 36.0 Å². The molecule has 2 nitrogen and oxygen atoms in total. The molecule has 0 atom stereocenters. The number of hydrogen-bond acceptors (Lipinski definition) is 2. The van der Waals surface area contributed by atoms with Gasteiger partial charge in [-0.05, 0) is 73.6 Å². The lowest BCUT2D eigenvalue weighted by Crippen LogP contribution is -2.17. The maximum atomic E-state index is 2.49. The van der Waals surface area contributed by atoms with Gasteiger partial charge in [0.2, 0.25) is 0 Å². The average Bonchev–Trinajstić information content (AvgIpc) is 3.38. The van der Waals surface area contributed by atoms with Crippen LogP contribution in [0.5, 0.6) is 0 Å². The SMILES string of the molecule is CC=C(c1ccc(N2CCCC2)cc1)c1ccc(N2CCCC2)cc1. The standard InChI is InChI=1S/C23H28N2/c1-2-23(19-7-11-21(12-8-19)24-15-3-4-16-24)20-9-13-22(14-10-20)25-17-5-6-18-25/h2,7-14H,3-6,15-18H2,1H3. The van der Waals surface area contributed by atoms with Gasteiger partial charge >= 0.3 is 0 Å². The van der Waals surface area contributed by atoms with Crippen molar-refractivity contribution < 1.29 is 0 Å². The first kappa shape index (κ1) is 16.3. The normalized spacial score (nSPS) is 17.2. The van der Waals surface area contributed by atoms with E-state index in [2.05, 4.69) is 71.3 Å². The third-order valence-electron chi connectivity index (χ3n) is 5.59. The van der Waals surface area contributed by atoms with Crippen molar-refractivity contribution in [2.45, 2.75) is 32.6 Å². The van der Waals surface area contributed by atoms with Crippen LogP contribution in [0.3, 0.4) is 0 Å². The van der Waals surface area contributed by atoms with E-state index in [9.17, 15) is 0 Å². The Morgan fingerprint density at radius 2 is 1.00 bits per heavy atom. The van der Waals surface area contributed by atoms with Crippen LogP contribution < -0.4 is 9.80 Å². The second-order valence-corrected chi connectivity index (χ2v) is 7.18. The molecule has 2 aromatic carbocycles. The van der Waals surface area contributed by atoms with Gasteiger partial charge in [-0.3, -0.25) is 0 Å². The third-order valence-corrected chi connectivity index (χ3v) is 5.59. The summed E-state index contributed by atoms with van der Waals surface area (Å²) in [5.74, 6) is 0. The van der Waals surface area contributed by atoms with Gasteiger partial charge in [-0.1, -0.05) is 30.3 Å². The van der Waals surface area contributed by atoms with E-state index in [1.54, 1.807) is 0 Å². The lowest BCUT2D eigenvalue weighted by Gasteiger charge is -2.19. The number of hydrogen-bond donors (Lipinski definition) is 0. The van der Waals surface area contributed by atoms with Gasteiger partial charge in [0.15, 0.2) is 0 Å². The zero-order valence-electron chi connectivity index (χ0n) is 15.2. The fraction of sp³-hybridized carbons (Fsp3) is 0.391. The van der Waals surface area contributed by atoms with E-state index in [1.165, 1.54) is 79.9 Å². The summed E-state index contributed by atoms with van der Waals surface area (Å²) >= 11 is 0. The molecule has 0 aromatic heterocycles. The van der Waals surface area contributed by atoms with Crippen molar-refractivity contribution >= 4 is 16.9 Å². The fourth-order valence-electron chi connectivity index (χ4n) is 4.15. The summed E-state index contributed by atoms with van der Waals surface area (Å²) < 4.78 is 0. The van der Waals surface area contributed by atoms with Crippen molar-refractivity contribution in [3.8, 4) is 0 Å². The van der Waals surface area contributed by atoms with E-state index in [-0.39, 0.29) is 0 Å². The monoisotopic (exact) mass is 332 g/mol. The van der Waals surface area contributed by atoms with Gasteiger partial charge in [0.25, 0.3) is 0 Å². The number of benzene rings is 2. The van der Waals surface area contributed by atoms with E-state index < -0.39 is 0 Å². The van der Waals surface area contributed by atoms with E-state index in [0.717, 1.165) is 0 Å². The highest BCUT2D eigenvalue weighted by atomic mass is 15.1. The van der Waals surface area contributed by atoms with Gasteiger partial charge in [0.05, 0.1) is 0 Å². The minimum atomic E-state index is 1.20. The summed E-state index contributed by atoms with van der Waals surface area (Å²) in [6.45, 7) is 6.95. The third kappa shape index (κ3) is 3.44. The van der Waals surface area contributed by atoms with Crippen molar-refractivity contribution in [1.82, 2.24) is 0 Å². The van der Waals surface area contributed by atoms with Crippen LogP contribution in [0.25, 0.3) is 5.57 Å². The molecule has 4 rings (SSSR count). The molecular formula is C23H28N2. The molecule has 0 N–H and O–H groups in total. The zero-order chi connectivity index (χ0) is 17.1. The van der Waals surface area contributed by atoms with Crippen LogP contribution in [0.1, 0.15) is 43.7 Å². The molecule has 2 aromatic rings. The van der Waals surface area contributed by atoms with Gasteiger partial charge in [-0.15, -0.1) is 0 Å². The second kappa shape index (κ2) is 7.35. The highest BCUT2D eigenvalue weighted by Gasteiger charge is 2.14. The summed E-state index contributed by atoms with van der Waals surface area (Å²) in [6, 6.07) is 18.2. The molecule has 2 heteroatoms. The molecule has 0 radical (unpaired) electrons. The summed E-state index contributed by atoms with van der Waals surface area (Å²) in [7, 11) is 0. The predicted octanol–water partition coefficient (Wildman–Crippen LogP) is 5.34. The zero-order valence-corrected chi connectivity index (χ0v) is 15.2. The van der Waals surface area contributed by atoms with Crippen LogP contribution in [0.15, 0.2) is 54.6 Å². The summed E-state index contributed by atoms with van der Waals surface area (Å²) in [5.41, 5.74) is 6.65. The summed E-state index contributed by atoms with van der Waals surface area (Å²) in [6.07, 6.45) is 7.53. The van der Waals surface area contributed by atoms with Gasteiger partial charge in [-0.25, -0.2) is 0 Å². The first-order valence-electron chi connectivity index (χ1n) is 9.72. The number of anilines is 2. The highest BCUT2D eigenvalue weighted by molar-refractivity contribution is 5.81. The van der Waals surface area contributed by atoms with Crippen LogP contribution in [-0.2, 0) is 0 Å². The van der Waals surface area contributed by atoms with Gasteiger partial charge in [0, 0.05) is 37.6 Å². The van der Waals surface area contributed by atoms with Crippen LogP contribution in [0.4, 0.5) is 11.4 Å². The van der Waals surface area contributed by atoms with E-state index in [0.29, 0.717) is 0 Å². The van der Waals surface area contributed by atoms with Crippen molar-refractivity contribution in [3.05, 3.63) is 65.7 Å². The van der Waals surface area contributed by atoms with Gasteiger partial charge in [0.1, 0.15) is 0 Å². The lowest BCUT2D eigenvalue weighted by atomic mass is 9.97. The first-order chi connectivity index (χ1) is 12.3. The average molecular weight is 332 g/mol. The molecule has 0 bridgehead atoms. The van der Waals surface area contributed by atoms with Crippen LogP contribution >= 0.6 is 0 Å². The number of nitrogens with zero attached hydrogens (tertiary/aromatic N) is 2. The molecule has 0 aliphatic carbocycles. The fourth-order valence-corrected chi connectivity index (χ4v) is 4.15. The summed E-state index contributed by atoms with van der Waals surface area (Å²) in [4.78, 5) is 4.98. The minimum absolute atomic E-state index is 1.20. The Morgan fingerprint density at radius 3 is 1.32 bits per heavy atom. The maximum absolute atomic E-state index is 2.49. The van der Waals surface area contributed by atoms with Gasteiger partial charge < -0.3 is 9.80 Å². The Bertz CT molecular complexity index is 654. The molecule has 0 amide bonds. The molecule has 130 valence electrons. The topological polar surface area (TPSA) is 6.48 Å². The number of allylic oxidation sites excluding steroid dienone is 1. The second-order valence-electron chi connectivity index (χ2n) is 7.18. The molecule has 2 fully saturated rings. The van der Waals surface area contributed by atoms with E-state index in [1.807, 2.05) is 0 Å². The molecule has 0 spiro atoms. The van der Waals surface area contributed by atoms with E-state index >= 15 is 0 Å². The molecule has 2 saturated heterocycles. The van der Waals surface area contributed by atoms with Crippen molar-refractivity contribution in [1.29, 1.82) is 0 Å². The Morgan fingerprint density at radius 1 is 0.640 bits per heavy atom.